The maximum absolute atomic E-state index is 13.3. The third kappa shape index (κ3) is 0.858. The molecule has 22 heavy (non-hydrogen) atoms. The van der Waals surface area contributed by atoms with E-state index in [2.05, 4.69) is 25.5 Å². The van der Waals surface area contributed by atoms with Crippen molar-refractivity contribution in [1.82, 2.24) is 25.5 Å². The molecule has 7 saturated carbocycles. The molecule has 0 aromatic carbocycles. The summed E-state index contributed by atoms with van der Waals surface area (Å²) in [6.07, 6.45) is 3.32. The maximum Gasteiger partial charge on any atom is 0.229 e. The lowest BCUT2D eigenvalue weighted by Crippen LogP contribution is -3.07. The standard InChI is InChI=1S/C16H19N5O/c22-15(16-12-9-8-10(12)14(16)11(8)13(9)16)21(5-6-1-2-6)4-3-7-17-19-20-18-7/h6,8-14H,1-5H2,(H,17,18,19,20). The summed E-state index contributed by atoms with van der Waals surface area (Å²) in [6.45, 7) is 1.74. The molecule has 1 aromatic heterocycles. The number of nitrogens with zero attached hydrogens (tertiary/aromatic N) is 4. The summed E-state index contributed by atoms with van der Waals surface area (Å²) in [5.74, 6) is 8.39. The van der Waals surface area contributed by atoms with Crippen LogP contribution in [0.1, 0.15) is 18.7 Å². The van der Waals surface area contributed by atoms with E-state index >= 15 is 0 Å². The predicted octanol–water partition coefficient (Wildman–Crippen LogP) is 0.349. The van der Waals surface area contributed by atoms with Crippen LogP contribution in [-0.2, 0) is 11.2 Å². The van der Waals surface area contributed by atoms with Crippen LogP contribution in [0.25, 0.3) is 0 Å². The van der Waals surface area contributed by atoms with E-state index < -0.39 is 0 Å². The number of hydrogen-bond acceptors (Lipinski definition) is 4. The fourth-order valence-corrected chi connectivity index (χ4v) is 7.54. The first kappa shape index (κ1) is 11.1. The Morgan fingerprint density at radius 3 is 2.50 bits per heavy atom. The molecule has 1 N–H and O–H groups in total. The molecule has 1 amide bonds. The number of H-pyrrole nitrogens is 1. The van der Waals surface area contributed by atoms with Gasteiger partial charge >= 0.3 is 0 Å². The van der Waals surface area contributed by atoms with Crippen molar-refractivity contribution in [3.05, 3.63) is 5.82 Å². The molecule has 0 atom stereocenters. The first-order chi connectivity index (χ1) is 10.8. The minimum absolute atomic E-state index is 0.140. The van der Waals surface area contributed by atoms with Gasteiger partial charge in [0.25, 0.3) is 0 Å². The summed E-state index contributed by atoms with van der Waals surface area (Å²) >= 11 is 0. The van der Waals surface area contributed by atoms with Crippen molar-refractivity contribution < 1.29 is 4.79 Å². The zero-order valence-electron chi connectivity index (χ0n) is 12.4. The van der Waals surface area contributed by atoms with E-state index in [9.17, 15) is 4.79 Å². The first-order valence-electron chi connectivity index (χ1n) is 8.85. The fraction of sp³-hybridized carbons (Fsp3) is 0.875. The molecule has 6 nitrogen and oxygen atoms in total. The number of carbonyl (C=O) groups excluding carboxylic acids is 1. The van der Waals surface area contributed by atoms with Crippen LogP contribution in [0.15, 0.2) is 0 Å². The summed E-state index contributed by atoms with van der Waals surface area (Å²) < 4.78 is 0. The summed E-state index contributed by atoms with van der Waals surface area (Å²) in [6, 6.07) is 0. The summed E-state index contributed by atoms with van der Waals surface area (Å²) in [7, 11) is 0. The Labute approximate surface area is 128 Å². The minimum Gasteiger partial charge on any atom is -0.341 e. The molecule has 8 rings (SSSR count). The molecular weight excluding hydrogens is 278 g/mol. The van der Waals surface area contributed by atoms with E-state index in [-0.39, 0.29) is 5.41 Å². The molecule has 0 bridgehead atoms. The van der Waals surface area contributed by atoms with Gasteiger partial charge in [0.15, 0.2) is 5.82 Å². The Hall–Kier alpha value is -1.46. The second-order valence-electron chi connectivity index (χ2n) is 8.59. The van der Waals surface area contributed by atoms with E-state index in [1.165, 1.54) is 12.8 Å². The molecular formula is C16H19N5O. The van der Waals surface area contributed by atoms with Crippen LogP contribution in [0.3, 0.4) is 0 Å². The number of carbonyl (C=O) groups is 1. The highest BCUT2D eigenvalue weighted by Crippen LogP contribution is 3.06. The Morgan fingerprint density at radius 1 is 1.18 bits per heavy atom. The Morgan fingerprint density at radius 2 is 1.91 bits per heavy atom. The largest absolute Gasteiger partial charge is 0.341 e. The van der Waals surface area contributed by atoms with Crippen LogP contribution in [0.4, 0.5) is 0 Å². The van der Waals surface area contributed by atoms with E-state index in [1.807, 2.05) is 0 Å². The third-order valence-corrected chi connectivity index (χ3v) is 8.30. The van der Waals surface area contributed by atoms with Crippen molar-refractivity contribution in [2.24, 2.45) is 52.8 Å². The predicted molar refractivity (Wildman–Crippen MR) is 74.0 cm³/mol. The number of hydrogen-bond donors (Lipinski definition) is 1. The average molecular weight is 297 g/mol. The zero-order chi connectivity index (χ0) is 14.2. The number of aromatic amines is 1. The van der Waals surface area contributed by atoms with Crippen molar-refractivity contribution in [3.63, 3.8) is 0 Å². The van der Waals surface area contributed by atoms with Gasteiger partial charge in [-0.2, -0.15) is 5.21 Å². The molecule has 1 aromatic rings. The Kier molecular flexibility index (Phi) is 1.57. The van der Waals surface area contributed by atoms with Crippen LogP contribution >= 0.6 is 0 Å². The van der Waals surface area contributed by atoms with E-state index in [1.54, 1.807) is 0 Å². The Balaban J connectivity index is 1.14. The highest BCUT2D eigenvalue weighted by atomic mass is 16.2. The van der Waals surface area contributed by atoms with E-state index in [4.69, 9.17) is 0 Å². The smallest absolute Gasteiger partial charge is 0.229 e. The van der Waals surface area contributed by atoms with E-state index in [0.717, 1.165) is 72.7 Å². The van der Waals surface area contributed by atoms with Gasteiger partial charge in [0.2, 0.25) is 5.91 Å². The molecule has 0 aliphatic heterocycles. The van der Waals surface area contributed by atoms with Crippen molar-refractivity contribution in [2.45, 2.75) is 19.3 Å². The lowest BCUT2D eigenvalue weighted by Gasteiger charge is -3.06. The average Bonchev–Trinajstić information content (AvgIpc) is 3.23. The summed E-state index contributed by atoms with van der Waals surface area (Å²) in [5.41, 5.74) is 0.140. The van der Waals surface area contributed by atoms with Gasteiger partial charge in [-0.05, 0) is 60.2 Å². The summed E-state index contributed by atoms with van der Waals surface area (Å²) in [4.78, 5) is 15.5. The van der Waals surface area contributed by atoms with Gasteiger partial charge in [-0.3, -0.25) is 4.79 Å². The van der Waals surface area contributed by atoms with Crippen molar-refractivity contribution in [2.75, 3.05) is 13.1 Å². The quantitative estimate of drug-likeness (QED) is 0.822. The van der Waals surface area contributed by atoms with Gasteiger partial charge in [-0.25, -0.2) is 0 Å². The lowest BCUT2D eigenvalue weighted by atomic mass is 8.96. The number of aromatic nitrogens is 4. The second-order valence-corrected chi connectivity index (χ2v) is 8.59. The zero-order valence-corrected chi connectivity index (χ0v) is 12.4. The lowest BCUT2D eigenvalue weighted by molar-refractivity contribution is -0.597. The molecule has 0 spiro atoms. The number of amides is 1. The highest BCUT2D eigenvalue weighted by molar-refractivity contribution is 5.91. The van der Waals surface area contributed by atoms with Crippen molar-refractivity contribution >= 4 is 5.91 Å². The molecule has 7 aliphatic rings. The molecule has 0 saturated heterocycles. The Bertz CT molecular complexity index is 645. The number of nitrogens with one attached hydrogen (secondary N) is 1. The first-order valence-corrected chi connectivity index (χ1v) is 8.85. The van der Waals surface area contributed by atoms with Gasteiger partial charge in [0, 0.05) is 19.5 Å². The van der Waals surface area contributed by atoms with Crippen molar-refractivity contribution in [3.8, 4) is 0 Å². The van der Waals surface area contributed by atoms with Crippen LogP contribution in [-0.4, -0.2) is 44.5 Å². The van der Waals surface area contributed by atoms with Crippen LogP contribution in [0.2, 0.25) is 0 Å². The molecule has 0 unspecified atom stereocenters. The number of tetrazole rings is 1. The molecule has 1 heterocycles. The van der Waals surface area contributed by atoms with Gasteiger partial charge in [0.05, 0.1) is 5.41 Å². The van der Waals surface area contributed by atoms with Crippen molar-refractivity contribution in [1.29, 1.82) is 0 Å². The maximum atomic E-state index is 13.3. The monoisotopic (exact) mass is 297 g/mol. The van der Waals surface area contributed by atoms with Gasteiger partial charge < -0.3 is 4.90 Å². The van der Waals surface area contributed by atoms with Gasteiger partial charge in [0.1, 0.15) is 0 Å². The molecule has 114 valence electrons. The summed E-state index contributed by atoms with van der Waals surface area (Å²) in [5, 5.41) is 14.2. The molecule has 7 aliphatic carbocycles. The SMILES string of the molecule is O=C(N(CCc1nn[nH]n1)CC1CC1)C12C3C4C5C3C1C5C42. The normalized spacial score (nSPS) is 53.4. The van der Waals surface area contributed by atoms with Crippen LogP contribution in [0.5, 0.6) is 0 Å². The molecule has 7 fully saturated rings. The van der Waals surface area contributed by atoms with E-state index in [0.29, 0.717) is 5.91 Å². The van der Waals surface area contributed by atoms with Crippen LogP contribution < -0.4 is 0 Å². The third-order valence-electron chi connectivity index (χ3n) is 8.30. The highest BCUT2D eigenvalue weighted by Gasteiger charge is 3.06. The fourth-order valence-electron chi connectivity index (χ4n) is 7.54. The van der Waals surface area contributed by atoms with Gasteiger partial charge in [-0.15, -0.1) is 10.2 Å². The second kappa shape index (κ2) is 3.10. The van der Waals surface area contributed by atoms with Crippen LogP contribution in [0, 0.1) is 52.8 Å². The topological polar surface area (TPSA) is 74.8 Å². The minimum atomic E-state index is 0.140. The molecule has 0 radical (unpaired) electrons. The number of rotatable bonds is 6. The van der Waals surface area contributed by atoms with Gasteiger partial charge in [-0.1, -0.05) is 5.21 Å². The molecule has 6 heteroatoms.